The molecule has 0 radical (unpaired) electrons. The quantitative estimate of drug-likeness (QED) is 0.810. The first-order chi connectivity index (χ1) is 12.9. The Morgan fingerprint density at radius 3 is 2.50 bits per heavy atom. The van der Waals surface area contributed by atoms with Crippen molar-refractivity contribution >= 4 is 17.1 Å². The standard InChI is InChI=1S/C20H31N3O4S/c1-18(2,3)27-17(24)23-12-9-20(10-13-23)16(22-28(25)19(4,5)6)15-14(26-20)8-7-11-21-15/h7-8,11,16,22H,9-10,12-13H2,1-6H3/t16-,28-/m1/s1. The summed E-state index contributed by atoms with van der Waals surface area (Å²) in [6.07, 6.45) is 2.65. The van der Waals surface area contributed by atoms with Crippen molar-refractivity contribution < 1.29 is 18.5 Å². The minimum atomic E-state index is -1.27. The van der Waals surface area contributed by atoms with E-state index in [0.717, 1.165) is 11.4 Å². The van der Waals surface area contributed by atoms with Crippen molar-refractivity contribution in [2.75, 3.05) is 13.1 Å². The van der Waals surface area contributed by atoms with E-state index in [2.05, 4.69) is 9.71 Å². The summed E-state index contributed by atoms with van der Waals surface area (Å²) in [5, 5.41) is 0. The average Bonchev–Trinajstić information content (AvgIpc) is 2.86. The van der Waals surface area contributed by atoms with Gasteiger partial charge in [0.1, 0.15) is 28.7 Å². The lowest BCUT2D eigenvalue weighted by atomic mass is 9.84. The first-order valence-electron chi connectivity index (χ1n) is 9.71. The number of ether oxygens (including phenoxy) is 2. The number of fused-ring (bicyclic) bond motifs is 1. The van der Waals surface area contributed by atoms with Gasteiger partial charge in [-0.3, -0.25) is 4.98 Å². The van der Waals surface area contributed by atoms with Gasteiger partial charge in [-0.15, -0.1) is 0 Å². The number of piperidine rings is 1. The molecule has 1 aromatic rings. The SMILES string of the molecule is CC(C)(C)OC(=O)N1CCC2(CC1)Oc1cccnc1[C@H]2N[S@](=O)C(C)(C)C. The van der Waals surface area contributed by atoms with E-state index < -0.39 is 26.9 Å². The maximum absolute atomic E-state index is 12.8. The van der Waals surface area contributed by atoms with Gasteiger partial charge in [-0.25, -0.2) is 13.7 Å². The van der Waals surface area contributed by atoms with Crippen LogP contribution in [0.2, 0.25) is 0 Å². The Bertz CT molecular complexity index is 761. The van der Waals surface area contributed by atoms with Crippen LogP contribution in [-0.2, 0) is 15.7 Å². The van der Waals surface area contributed by atoms with E-state index in [1.54, 1.807) is 11.1 Å². The highest BCUT2D eigenvalue weighted by molar-refractivity contribution is 7.84. The molecule has 1 spiro atoms. The zero-order valence-electron chi connectivity index (χ0n) is 17.6. The van der Waals surface area contributed by atoms with Crippen LogP contribution in [0.25, 0.3) is 0 Å². The molecule has 28 heavy (non-hydrogen) atoms. The summed E-state index contributed by atoms with van der Waals surface area (Å²) in [4.78, 5) is 18.6. The molecule has 7 nitrogen and oxygen atoms in total. The van der Waals surface area contributed by atoms with Gasteiger partial charge in [0.25, 0.3) is 0 Å². The molecule has 1 aromatic heterocycles. The molecule has 0 unspecified atom stereocenters. The van der Waals surface area contributed by atoms with Gasteiger partial charge in [0.2, 0.25) is 0 Å². The molecule has 3 heterocycles. The number of carbonyl (C=O) groups is 1. The van der Waals surface area contributed by atoms with Gasteiger partial charge >= 0.3 is 6.09 Å². The molecule has 0 aliphatic carbocycles. The molecule has 0 saturated carbocycles. The Morgan fingerprint density at radius 1 is 1.29 bits per heavy atom. The summed E-state index contributed by atoms with van der Waals surface area (Å²) in [6, 6.07) is 3.45. The van der Waals surface area contributed by atoms with Crippen LogP contribution < -0.4 is 9.46 Å². The summed E-state index contributed by atoms with van der Waals surface area (Å²) in [5.41, 5.74) is -0.314. The predicted octanol–water partition coefficient (Wildman–Crippen LogP) is 3.34. The molecular weight excluding hydrogens is 378 g/mol. The van der Waals surface area contributed by atoms with Gasteiger partial charge in [0.15, 0.2) is 0 Å². The zero-order valence-corrected chi connectivity index (χ0v) is 18.4. The van der Waals surface area contributed by atoms with Crippen LogP contribution in [0.15, 0.2) is 18.3 Å². The lowest BCUT2D eigenvalue weighted by Gasteiger charge is -2.42. The van der Waals surface area contributed by atoms with Crippen LogP contribution >= 0.6 is 0 Å². The molecule has 1 amide bonds. The third-order valence-electron chi connectivity index (χ3n) is 4.96. The second-order valence-corrected chi connectivity index (χ2v) is 11.5. The molecule has 3 rings (SSSR count). The molecule has 1 saturated heterocycles. The van der Waals surface area contributed by atoms with E-state index in [4.69, 9.17) is 9.47 Å². The Kier molecular flexibility index (Phi) is 5.49. The molecule has 1 fully saturated rings. The van der Waals surface area contributed by atoms with Crippen LogP contribution in [0.5, 0.6) is 5.75 Å². The summed E-state index contributed by atoms with van der Waals surface area (Å²) in [5.74, 6) is 0.719. The monoisotopic (exact) mass is 409 g/mol. The number of aromatic nitrogens is 1. The first-order valence-corrected chi connectivity index (χ1v) is 10.9. The Hall–Kier alpha value is -1.67. The van der Waals surface area contributed by atoms with Gasteiger partial charge in [-0.2, -0.15) is 0 Å². The highest BCUT2D eigenvalue weighted by Gasteiger charge is 2.52. The van der Waals surface area contributed by atoms with Crippen molar-refractivity contribution in [3.05, 3.63) is 24.0 Å². The van der Waals surface area contributed by atoms with Crippen molar-refractivity contribution in [3.8, 4) is 5.75 Å². The topological polar surface area (TPSA) is 80.8 Å². The van der Waals surface area contributed by atoms with Gasteiger partial charge < -0.3 is 14.4 Å². The normalized spacial score (nSPS) is 22.5. The average molecular weight is 410 g/mol. The van der Waals surface area contributed by atoms with Crippen molar-refractivity contribution in [2.45, 2.75) is 76.4 Å². The molecule has 0 aromatic carbocycles. The number of likely N-dealkylation sites (tertiary alicyclic amines) is 1. The number of rotatable bonds is 2. The van der Waals surface area contributed by atoms with Crippen molar-refractivity contribution in [2.24, 2.45) is 0 Å². The fourth-order valence-corrected chi connectivity index (χ4v) is 4.36. The van der Waals surface area contributed by atoms with Gasteiger partial charge in [0.05, 0.1) is 15.7 Å². The van der Waals surface area contributed by atoms with Gasteiger partial charge in [-0.1, -0.05) is 0 Å². The zero-order chi connectivity index (χ0) is 20.7. The summed E-state index contributed by atoms with van der Waals surface area (Å²) >= 11 is 0. The van der Waals surface area contributed by atoms with Gasteiger partial charge in [-0.05, 0) is 53.7 Å². The van der Waals surface area contributed by atoms with Crippen LogP contribution in [0.4, 0.5) is 4.79 Å². The molecule has 156 valence electrons. The van der Waals surface area contributed by atoms with Crippen LogP contribution in [-0.4, -0.2) is 49.2 Å². The molecule has 1 N–H and O–H groups in total. The number of nitrogens with zero attached hydrogens (tertiary/aromatic N) is 2. The van der Waals surface area contributed by atoms with Crippen molar-refractivity contribution in [1.29, 1.82) is 0 Å². The fraction of sp³-hybridized carbons (Fsp3) is 0.700. The second kappa shape index (κ2) is 7.30. The molecule has 2 aliphatic heterocycles. The Balaban J connectivity index is 1.79. The lowest BCUT2D eigenvalue weighted by Crippen LogP contribution is -2.55. The third-order valence-corrected chi connectivity index (χ3v) is 6.52. The number of nitrogens with one attached hydrogen (secondary N) is 1. The largest absolute Gasteiger partial charge is 0.483 e. The van der Waals surface area contributed by atoms with Crippen molar-refractivity contribution in [3.63, 3.8) is 0 Å². The lowest BCUT2D eigenvalue weighted by molar-refractivity contribution is -0.0204. The Labute approximate surface area is 169 Å². The summed E-state index contributed by atoms with van der Waals surface area (Å²) < 4.78 is 27.5. The maximum atomic E-state index is 12.8. The third kappa shape index (κ3) is 4.33. The summed E-state index contributed by atoms with van der Waals surface area (Å²) in [7, 11) is -1.27. The minimum Gasteiger partial charge on any atom is -0.483 e. The van der Waals surface area contributed by atoms with E-state index in [1.165, 1.54) is 0 Å². The fourth-order valence-electron chi connectivity index (χ4n) is 3.46. The molecular formula is C20H31N3O4S. The number of amides is 1. The van der Waals surface area contributed by atoms with E-state index in [1.807, 2.05) is 53.7 Å². The van der Waals surface area contributed by atoms with Crippen LogP contribution in [0.3, 0.4) is 0 Å². The van der Waals surface area contributed by atoms with Crippen LogP contribution in [0.1, 0.15) is 66.1 Å². The minimum absolute atomic E-state index is 0.287. The molecule has 2 aliphatic rings. The number of hydrogen-bond acceptors (Lipinski definition) is 5. The van der Waals surface area contributed by atoms with E-state index >= 15 is 0 Å². The predicted molar refractivity (Wildman–Crippen MR) is 108 cm³/mol. The van der Waals surface area contributed by atoms with Crippen LogP contribution in [0, 0.1) is 0 Å². The number of carbonyl (C=O) groups excluding carboxylic acids is 1. The Morgan fingerprint density at radius 2 is 1.93 bits per heavy atom. The van der Waals surface area contributed by atoms with E-state index in [-0.39, 0.29) is 12.1 Å². The molecule has 8 heteroatoms. The summed E-state index contributed by atoms with van der Waals surface area (Å²) in [6.45, 7) is 12.4. The maximum Gasteiger partial charge on any atom is 0.410 e. The number of pyridine rings is 1. The highest BCUT2D eigenvalue weighted by Crippen LogP contribution is 2.47. The smallest absolute Gasteiger partial charge is 0.410 e. The first kappa shape index (κ1) is 21.0. The highest BCUT2D eigenvalue weighted by atomic mass is 32.2. The van der Waals surface area contributed by atoms with E-state index in [0.29, 0.717) is 25.9 Å². The number of hydrogen-bond donors (Lipinski definition) is 1. The van der Waals surface area contributed by atoms with E-state index in [9.17, 15) is 9.00 Å². The second-order valence-electron chi connectivity index (χ2n) is 9.45. The molecule has 2 atom stereocenters. The van der Waals surface area contributed by atoms with Gasteiger partial charge in [0, 0.05) is 32.1 Å². The van der Waals surface area contributed by atoms with Crippen molar-refractivity contribution in [1.82, 2.24) is 14.6 Å². The molecule has 0 bridgehead atoms.